The maximum atomic E-state index is 5.87. The van der Waals surface area contributed by atoms with Crippen molar-refractivity contribution in [2.24, 2.45) is 0 Å². The number of nitrogen functional groups attached to an aromatic ring is 1. The van der Waals surface area contributed by atoms with Gasteiger partial charge in [-0.2, -0.15) is 0 Å². The molecule has 88 valence electrons. The van der Waals surface area contributed by atoms with Crippen LogP contribution in [0.5, 0.6) is 11.5 Å². The van der Waals surface area contributed by atoms with Crippen molar-refractivity contribution in [1.29, 1.82) is 0 Å². The van der Waals surface area contributed by atoms with Gasteiger partial charge in [-0.25, -0.2) is 0 Å². The van der Waals surface area contributed by atoms with Gasteiger partial charge in [-0.3, -0.25) is 0 Å². The van der Waals surface area contributed by atoms with Crippen molar-refractivity contribution >= 4 is 5.69 Å². The molecule has 2 rings (SSSR count). The molecule has 0 heterocycles. The molecule has 0 radical (unpaired) electrons. The van der Waals surface area contributed by atoms with E-state index in [9.17, 15) is 0 Å². The summed E-state index contributed by atoms with van der Waals surface area (Å²) in [4.78, 5) is 0. The van der Waals surface area contributed by atoms with E-state index in [0.29, 0.717) is 0 Å². The van der Waals surface area contributed by atoms with Crippen LogP contribution in [-0.2, 0) is 0 Å². The SMILES string of the molecule is Cc1cc(C)c(C)c(Oc2ccc(N)cc2)c1. The Morgan fingerprint density at radius 1 is 0.941 bits per heavy atom. The molecule has 0 atom stereocenters. The van der Waals surface area contributed by atoms with Crippen molar-refractivity contribution in [2.75, 3.05) is 5.73 Å². The first-order chi connectivity index (χ1) is 8.06. The van der Waals surface area contributed by atoms with Crippen LogP contribution >= 0.6 is 0 Å². The maximum Gasteiger partial charge on any atom is 0.130 e. The zero-order valence-electron chi connectivity index (χ0n) is 10.4. The van der Waals surface area contributed by atoms with E-state index in [-0.39, 0.29) is 0 Å². The van der Waals surface area contributed by atoms with E-state index < -0.39 is 0 Å². The van der Waals surface area contributed by atoms with Crippen LogP contribution in [0.25, 0.3) is 0 Å². The van der Waals surface area contributed by atoms with Crippen molar-refractivity contribution in [2.45, 2.75) is 20.8 Å². The number of hydrogen-bond donors (Lipinski definition) is 1. The normalized spacial score (nSPS) is 10.3. The zero-order chi connectivity index (χ0) is 12.4. The van der Waals surface area contributed by atoms with Crippen molar-refractivity contribution in [3.05, 3.63) is 53.1 Å². The Labute approximate surface area is 102 Å². The van der Waals surface area contributed by atoms with E-state index in [1.54, 1.807) is 0 Å². The first-order valence-corrected chi connectivity index (χ1v) is 5.67. The van der Waals surface area contributed by atoms with Gasteiger partial charge in [0.15, 0.2) is 0 Å². The van der Waals surface area contributed by atoms with Gasteiger partial charge < -0.3 is 10.5 Å². The van der Waals surface area contributed by atoms with Gasteiger partial charge >= 0.3 is 0 Å². The second-order valence-corrected chi connectivity index (χ2v) is 4.38. The molecule has 0 spiro atoms. The molecule has 0 fully saturated rings. The predicted octanol–water partition coefficient (Wildman–Crippen LogP) is 3.99. The molecule has 2 aromatic rings. The van der Waals surface area contributed by atoms with Crippen LogP contribution in [0.3, 0.4) is 0 Å². The number of benzene rings is 2. The van der Waals surface area contributed by atoms with Crippen LogP contribution in [0.2, 0.25) is 0 Å². The standard InChI is InChI=1S/C15H17NO/c1-10-8-11(2)12(3)15(9-10)17-14-6-4-13(16)5-7-14/h4-9H,16H2,1-3H3. The van der Waals surface area contributed by atoms with Crippen LogP contribution in [0.4, 0.5) is 5.69 Å². The summed E-state index contributed by atoms with van der Waals surface area (Å²) >= 11 is 0. The molecular weight excluding hydrogens is 210 g/mol. The molecule has 0 amide bonds. The molecule has 2 heteroatoms. The van der Waals surface area contributed by atoms with E-state index in [2.05, 4.69) is 32.9 Å². The quantitative estimate of drug-likeness (QED) is 0.787. The molecule has 17 heavy (non-hydrogen) atoms. The fourth-order valence-corrected chi connectivity index (χ4v) is 1.77. The van der Waals surface area contributed by atoms with Crippen molar-refractivity contribution in [3.63, 3.8) is 0 Å². The first-order valence-electron chi connectivity index (χ1n) is 5.67. The summed E-state index contributed by atoms with van der Waals surface area (Å²) in [7, 11) is 0. The summed E-state index contributed by atoms with van der Waals surface area (Å²) in [5.41, 5.74) is 10.0. The van der Waals surface area contributed by atoms with Gasteiger partial charge in [0.1, 0.15) is 11.5 Å². The topological polar surface area (TPSA) is 35.2 Å². The highest BCUT2D eigenvalue weighted by Gasteiger charge is 2.05. The molecule has 0 bridgehead atoms. The minimum atomic E-state index is 0.745. The van der Waals surface area contributed by atoms with Gasteiger partial charge in [-0.1, -0.05) is 6.07 Å². The van der Waals surface area contributed by atoms with E-state index in [0.717, 1.165) is 17.2 Å². The molecule has 0 saturated heterocycles. The summed E-state index contributed by atoms with van der Waals surface area (Å²) in [5.74, 6) is 1.72. The average molecular weight is 227 g/mol. The average Bonchev–Trinajstić information content (AvgIpc) is 2.28. The van der Waals surface area contributed by atoms with Gasteiger partial charge in [-0.15, -0.1) is 0 Å². The summed E-state index contributed by atoms with van der Waals surface area (Å²) in [6.07, 6.45) is 0. The van der Waals surface area contributed by atoms with Crippen molar-refractivity contribution in [1.82, 2.24) is 0 Å². The van der Waals surface area contributed by atoms with Gasteiger partial charge in [-0.05, 0) is 67.8 Å². The molecular formula is C15H17NO. The number of aryl methyl sites for hydroxylation is 2. The predicted molar refractivity (Wildman–Crippen MR) is 71.6 cm³/mol. The first kappa shape index (κ1) is 11.5. The monoisotopic (exact) mass is 227 g/mol. The smallest absolute Gasteiger partial charge is 0.130 e. The van der Waals surface area contributed by atoms with Crippen LogP contribution in [0.1, 0.15) is 16.7 Å². The highest BCUT2D eigenvalue weighted by atomic mass is 16.5. The molecule has 2 nitrogen and oxygen atoms in total. The third-order valence-corrected chi connectivity index (χ3v) is 2.87. The third-order valence-electron chi connectivity index (χ3n) is 2.87. The Morgan fingerprint density at radius 2 is 1.59 bits per heavy atom. The summed E-state index contributed by atoms with van der Waals surface area (Å²) < 4.78 is 5.87. The minimum Gasteiger partial charge on any atom is -0.457 e. The number of anilines is 1. The second kappa shape index (κ2) is 4.50. The molecule has 0 saturated carbocycles. The van der Waals surface area contributed by atoms with Crippen LogP contribution in [0, 0.1) is 20.8 Å². The molecule has 0 aliphatic rings. The second-order valence-electron chi connectivity index (χ2n) is 4.38. The van der Waals surface area contributed by atoms with E-state index in [4.69, 9.17) is 10.5 Å². The Kier molecular flexibility index (Phi) is 3.05. The molecule has 0 aliphatic heterocycles. The van der Waals surface area contributed by atoms with Crippen LogP contribution < -0.4 is 10.5 Å². The molecule has 0 aromatic heterocycles. The van der Waals surface area contributed by atoms with E-state index in [1.165, 1.54) is 16.7 Å². The fourth-order valence-electron chi connectivity index (χ4n) is 1.77. The molecule has 2 N–H and O–H groups in total. The lowest BCUT2D eigenvalue weighted by atomic mass is 10.1. The zero-order valence-corrected chi connectivity index (χ0v) is 10.4. The van der Waals surface area contributed by atoms with E-state index in [1.807, 2.05) is 24.3 Å². The van der Waals surface area contributed by atoms with Crippen LogP contribution in [-0.4, -0.2) is 0 Å². The summed E-state index contributed by atoms with van der Waals surface area (Å²) in [5, 5.41) is 0. The van der Waals surface area contributed by atoms with Crippen molar-refractivity contribution in [3.8, 4) is 11.5 Å². The lowest BCUT2D eigenvalue weighted by Crippen LogP contribution is -1.92. The molecule has 2 aromatic carbocycles. The van der Waals surface area contributed by atoms with E-state index >= 15 is 0 Å². The summed E-state index contributed by atoms with van der Waals surface area (Å²) in [6, 6.07) is 11.7. The highest BCUT2D eigenvalue weighted by molar-refractivity contribution is 5.46. The Balaban J connectivity index is 2.32. The van der Waals surface area contributed by atoms with Gasteiger partial charge in [0.2, 0.25) is 0 Å². The number of rotatable bonds is 2. The summed E-state index contributed by atoms with van der Waals surface area (Å²) in [6.45, 7) is 6.24. The largest absolute Gasteiger partial charge is 0.457 e. The number of ether oxygens (including phenoxy) is 1. The van der Waals surface area contributed by atoms with Crippen molar-refractivity contribution < 1.29 is 4.74 Å². The Morgan fingerprint density at radius 3 is 2.24 bits per heavy atom. The van der Waals surface area contributed by atoms with Gasteiger partial charge in [0.05, 0.1) is 0 Å². The molecule has 0 unspecified atom stereocenters. The Hall–Kier alpha value is -1.96. The maximum absolute atomic E-state index is 5.87. The highest BCUT2D eigenvalue weighted by Crippen LogP contribution is 2.28. The fraction of sp³-hybridized carbons (Fsp3) is 0.200. The van der Waals surface area contributed by atoms with Gasteiger partial charge in [0.25, 0.3) is 0 Å². The third kappa shape index (κ3) is 2.59. The Bertz CT molecular complexity index is 529. The van der Waals surface area contributed by atoms with Crippen LogP contribution in [0.15, 0.2) is 36.4 Å². The number of nitrogens with two attached hydrogens (primary N) is 1. The van der Waals surface area contributed by atoms with Gasteiger partial charge in [0, 0.05) is 5.69 Å². The number of hydrogen-bond acceptors (Lipinski definition) is 2. The lowest BCUT2D eigenvalue weighted by Gasteiger charge is -2.12. The molecule has 0 aliphatic carbocycles. The minimum absolute atomic E-state index is 0.745. The lowest BCUT2D eigenvalue weighted by molar-refractivity contribution is 0.478.